The van der Waals surface area contributed by atoms with Crippen molar-refractivity contribution in [3.63, 3.8) is 0 Å². The summed E-state index contributed by atoms with van der Waals surface area (Å²) in [5.41, 5.74) is 0. The number of sulfone groups is 1. The van der Waals surface area contributed by atoms with E-state index in [-0.39, 0.29) is 9.92 Å². The molecule has 0 spiro atoms. The van der Waals surface area contributed by atoms with Crippen LogP contribution in [0.5, 0.6) is 0 Å². The first-order valence-corrected chi connectivity index (χ1v) is 8.70. The van der Waals surface area contributed by atoms with E-state index in [0.717, 1.165) is 44.5 Å². The molecule has 0 aliphatic carbocycles. The Bertz CT molecular complexity index is 763. The van der Waals surface area contributed by atoms with Crippen molar-refractivity contribution in [3.05, 3.63) is 36.0 Å². The Balaban J connectivity index is 2.05. The Morgan fingerprint density at radius 2 is 1.77 bits per heavy atom. The summed E-state index contributed by atoms with van der Waals surface area (Å²) >= 11 is 0. The van der Waals surface area contributed by atoms with Crippen molar-refractivity contribution in [1.29, 1.82) is 0 Å². The van der Waals surface area contributed by atoms with E-state index >= 15 is 0 Å². The predicted octanol–water partition coefficient (Wildman–Crippen LogP) is 2.95. The van der Waals surface area contributed by atoms with Gasteiger partial charge in [-0.05, 0) is 43.5 Å². The Kier molecular flexibility index (Phi) is 3.90. The minimum Gasteiger partial charge on any atom is -0.424 e. The highest BCUT2D eigenvalue weighted by Gasteiger charge is 2.30. The number of oxazole rings is 1. The third kappa shape index (κ3) is 2.72. The lowest BCUT2D eigenvalue weighted by molar-refractivity contribution is 0.476. The molecule has 1 aliphatic rings. The molecule has 118 valence electrons. The van der Waals surface area contributed by atoms with Gasteiger partial charge >= 0.3 is 0 Å². The number of aromatic nitrogens is 1. The highest BCUT2D eigenvalue weighted by molar-refractivity contribution is 7.91. The van der Waals surface area contributed by atoms with Crippen molar-refractivity contribution < 1.29 is 17.2 Å². The third-order valence-electron chi connectivity index (χ3n) is 3.71. The first kappa shape index (κ1) is 15.0. The number of nitrogens with zero attached hydrogens (tertiary/aromatic N) is 2. The molecular weight excluding hydrogens is 307 g/mol. The first-order valence-electron chi connectivity index (χ1n) is 7.21. The Morgan fingerprint density at radius 3 is 2.41 bits per heavy atom. The lowest BCUT2D eigenvalue weighted by atomic mass is 10.1. The van der Waals surface area contributed by atoms with Gasteiger partial charge < -0.3 is 9.32 Å². The standard InChI is InChI=1S/C15H17FN2O3S/c1-11-17-14(15(21-11)18-9-3-2-4-10-18)22(19,20)13-7-5-12(16)6-8-13/h5-8H,2-4,9-10H2,1H3. The number of anilines is 1. The van der Waals surface area contributed by atoms with Gasteiger partial charge in [-0.15, -0.1) is 0 Å². The van der Waals surface area contributed by atoms with Crippen molar-refractivity contribution in [2.75, 3.05) is 18.0 Å². The molecule has 3 rings (SSSR count). The summed E-state index contributed by atoms with van der Waals surface area (Å²) in [5.74, 6) is 0.120. The SMILES string of the molecule is Cc1nc(S(=O)(=O)c2ccc(F)cc2)c(N2CCCCC2)o1. The minimum absolute atomic E-state index is 0.0143. The summed E-state index contributed by atoms with van der Waals surface area (Å²) in [5, 5.41) is -0.0847. The second kappa shape index (κ2) is 5.72. The average Bonchev–Trinajstić information content (AvgIpc) is 2.91. The van der Waals surface area contributed by atoms with Gasteiger partial charge in [-0.2, -0.15) is 4.98 Å². The maximum absolute atomic E-state index is 13.0. The maximum atomic E-state index is 13.0. The molecule has 22 heavy (non-hydrogen) atoms. The Morgan fingerprint density at radius 1 is 1.14 bits per heavy atom. The van der Waals surface area contributed by atoms with E-state index in [4.69, 9.17) is 4.42 Å². The molecule has 0 saturated carbocycles. The van der Waals surface area contributed by atoms with Gasteiger partial charge in [0.2, 0.25) is 20.7 Å². The molecule has 1 aromatic heterocycles. The van der Waals surface area contributed by atoms with Gasteiger partial charge in [0.25, 0.3) is 0 Å². The van der Waals surface area contributed by atoms with E-state index in [1.54, 1.807) is 6.92 Å². The molecule has 0 amide bonds. The van der Waals surface area contributed by atoms with Crippen LogP contribution >= 0.6 is 0 Å². The fourth-order valence-electron chi connectivity index (χ4n) is 2.59. The predicted molar refractivity (Wildman–Crippen MR) is 79.2 cm³/mol. The fraction of sp³-hybridized carbons (Fsp3) is 0.400. The van der Waals surface area contributed by atoms with Crippen LogP contribution in [0.2, 0.25) is 0 Å². The third-order valence-corrected chi connectivity index (χ3v) is 5.38. The zero-order valence-corrected chi connectivity index (χ0v) is 13.1. The zero-order chi connectivity index (χ0) is 15.7. The fourth-order valence-corrected chi connectivity index (χ4v) is 3.96. The molecular formula is C15H17FN2O3S. The highest BCUT2D eigenvalue weighted by Crippen LogP contribution is 2.32. The number of hydrogen-bond donors (Lipinski definition) is 0. The smallest absolute Gasteiger partial charge is 0.236 e. The number of benzene rings is 1. The minimum atomic E-state index is -3.83. The van der Waals surface area contributed by atoms with Crippen molar-refractivity contribution in [2.24, 2.45) is 0 Å². The van der Waals surface area contributed by atoms with E-state index in [2.05, 4.69) is 4.98 Å². The van der Waals surface area contributed by atoms with Gasteiger partial charge in [-0.3, -0.25) is 0 Å². The lowest BCUT2D eigenvalue weighted by Gasteiger charge is -2.26. The van der Waals surface area contributed by atoms with Crippen LogP contribution in [0.3, 0.4) is 0 Å². The van der Waals surface area contributed by atoms with Gasteiger partial charge in [0.1, 0.15) is 5.82 Å². The summed E-state index contributed by atoms with van der Waals surface area (Å²) in [6.45, 7) is 3.12. The quantitative estimate of drug-likeness (QED) is 0.812. The lowest BCUT2D eigenvalue weighted by Crippen LogP contribution is -2.30. The number of piperidine rings is 1. The van der Waals surface area contributed by atoms with E-state index in [9.17, 15) is 12.8 Å². The van der Waals surface area contributed by atoms with Crippen LogP contribution in [-0.4, -0.2) is 26.5 Å². The van der Waals surface area contributed by atoms with Gasteiger partial charge in [0, 0.05) is 20.0 Å². The second-order valence-corrected chi connectivity index (χ2v) is 7.21. The molecule has 0 unspecified atom stereocenters. The van der Waals surface area contributed by atoms with Crippen LogP contribution in [0, 0.1) is 12.7 Å². The van der Waals surface area contributed by atoms with Crippen LogP contribution in [0.25, 0.3) is 0 Å². The van der Waals surface area contributed by atoms with Crippen LogP contribution < -0.4 is 4.90 Å². The van der Waals surface area contributed by atoms with E-state index in [0.29, 0.717) is 11.8 Å². The van der Waals surface area contributed by atoms with Crippen LogP contribution in [-0.2, 0) is 9.84 Å². The molecule has 1 aliphatic heterocycles. The first-order chi connectivity index (χ1) is 10.5. The second-order valence-electron chi connectivity index (χ2n) is 5.35. The van der Waals surface area contributed by atoms with E-state index < -0.39 is 15.7 Å². The van der Waals surface area contributed by atoms with Crippen molar-refractivity contribution in [1.82, 2.24) is 4.98 Å². The van der Waals surface area contributed by atoms with Gasteiger partial charge in [-0.25, -0.2) is 12.8 Å². The van der Waals surface area contributed by atoms with Gasteiger partial charge in [-0.1, -0.05) is 0 Å². The highest BCUT2D eigenvalue weighted by atomic mass is 32.2. The zero-order valence-electron chi connectivity index (χ0n) is 12.3. The van der Waals surface area contributed by atoms with Gasteiger partial charge in [0.15, 0.2) is 5.89 Å². The topological polar surface area (TPSA) is 63.4 Å². The largest absolute Gasteiger partial charge is 0.424 e. The van der Waals surface area contributed by atoms with E-state index in [1.807, 2.05) is 4.90 Å². The van der Waals surface area contributed by atoms with Crippen molar-refractivity contribution >= 4 is 15.7 Å². The number of halogens is 1. The molecule has 0 bridgehead atoms. The molecule has 0 N–H and O–H groups in total. The summed E-state index contributed by atoms with van der Waals surface area (Å²) in [6.07, 6.45) is 3.12. The number of aryl methyl sites for hydroxylation is 1. The number of rotatable bonds is 3. The van der Waals surface area contributed by atoms with Gasteiger partial charge in [0.05, 0.1) is 4.90 Å². The maximum Gasteiger partial charge on any atom is 0.236 e. The summed E-state index contributed by atoms with van der Waals surface area (Å²) in [7, 11) is -3.83. The molecule has 1 fully saturated rings. The molecule has 1 saturated heterocycles. The Labute approximate surface area is 128 Å². The molecule has 5 nitrogen and oxygen atoms in total. The molecule has 2 aromatic rings. The normalized spacial score (nSPS) is 16.0. The van der Waals surface area contributed by atoms with Crippen molar-refractivity contribution in [3.8, 4) is 0 Å². The Hall–Kier alpha value is -1.89. The molecule has 7 heteroatoms. The van der Waals surface area contributed by atoms with Crippen molar-refractivity contribution in [2.45, 2.75) is 36.1 Å². The summed E-state index contributed by atoms with van der Waals surface area (Å²) in [6, 6.07) is 4.74. The molecule has 0 atom stereocenters. The molecule has 2 heterocycles. The molecule has 0 radical (unpaired) electrons. The van der Waals surface area contributed by atoms with Crippen LogP contribution in [0.15, 0.2) is 38.6 Å². The van der Waals surface area contributed by atoms with Crippen LogP contribution in [0.4, 0.5) is 10.3 Å². The van der Waals surface area contributed by atoms with Crippen LogP contribution in [0.1, 0.15) is 25.2 Å². The average molecular weight is 324 g/mol. The monoisotopic (exact) mass is 324 g/mol. The summed E-state index contributed by atoms with van der Waals surface area (Å²) < 4.78 is 44.1. The number of hydrogen-bond acceptors (Lipinski definition) is 5. The summed E-state index contributed by atoms with van der Waals surface area (Å²) in [4.78, 5) is 6.00. The molecule has 1 aromatic carbocycles. The van der Waals surface area contributed by atoms with E-state index in [1.165, 1.54) is 12.1 Å².